The number of methoxy groups -OCH3 is 1. The first kappa shape index (κ1) is 21.5. The zero-order valence-electron chi connectivity index (χ0n) is 17.0. The number of carbonyl (C=O) groups excluding carboxylic acids is 1. The summed E-state index contributed by atoms with van der Waals surface area (Å²) in [6.07, 6.45) is 3.44. The molecule has 2 N–H and O–H groups in total. The Morgan fingerprint density at radius 3 is 2.69 bits per heavy atom. The van der Waals surface area contributed by atoms with Crippen LogP contribution in [0.5, 0.6) is 0 Å². The summed E-state index contributed by atoms with van der Waals surface area (Å²) in [5.74, 6) is 0.529. The number of benzene rings is 1. The van der Waals surface area contributed by atoms with Crippen LogP contribution in [0.1, 0.15) is 30.3 Å². The van der Waals surface area contributed by atoms with Crippen LogP contribution in [0.3, 0.4) is 0 Å². The summed E-state index contributed by atoms with van der Waals surface area (Å²) in [6.45, 7) is 3.10. The van der Waals surface area contributed by atoms with E-state index in [1.54, 1.807) is 26.2 Å². The van der Waals surface area contributed by atoms with E-state index in [1.165, 1.54) is 6.20 Å². The number of hydrogen-bond donors (Lipinski definition) is 2. The lowest BCUT2D eigenvalue weighted by Crippen LogP contribution is -2.42. The number of aromatic nitrogens is 2. The molecule has 3 rings (SSSR count). The number of likely N-dealkylation sites (N-methyl/N-ethyl adjacent to an activating group) is 1. The van der Waals surface area contributed by atoms with Crippen molar-refractivity contribution in [1.82, 2.24) is 15.3 Å². The molecule has 1 atom stereocenters. The third kappa shape index (κ3) is 5.44. The van der Waals surface area contributed by atoms with E-state index in [0.29, 0.717) is 29.7 Å². The van der Waals surface area contributed by atoms with Gasteiger partial charge >= 0.3 is 0 Å². The molecule has 1 amide bonds. The van der Waals surface area contributed by atoms with E-state index in [1.807, 2.05) is 24.1 Å². The fraction of sp³-hybridized carbons (Fsp3) is 0.476. The van der Waals surface area contributed by atoms with Gasteiger partial charge in [-0.05, 0) is 37.8 Å². The van der Waals surface area contributed by atoms with E-state index in [-0.39, 0.29) is 24.1 Å². The van der Waals surface area contributed by atoms with Crippen LogP contribution >= 0.6 is 11.6 Å². The lowest BCUT2D eigenvalue weighted by atomic mass is 10.0. The average Bonchev–Trinajstić information content (AvgIpc) is 3.56. The van der Waals surface area contributed by atoms with Crippen molar-refractivity contribution in [2.24, 2.45) is 5.92 Å². The molecule has 0 spiro atoms. The molecule has 0 unspecified atom stereocenters. The minimum atomic E-state index is -0.900. The van der Waals surface area contributed by atoms with E-state index in [9.17, 15) is 9.90 Å². The Labute approximate surface area is 176 Å². The van der Waals surface area contributed by atoms with Gasteiger partial charge < -0.3 is 20.1 Å². The van der Waals surface area contributed by atoms with Gasteiger partial charge in [0.1, 0.15) is 11.4 Å². The first-order valence-corrected chi connectivity index (χ1v) is 10.0. The maximum Gasteiger partial charge on any atom is 0.271 e. The van der Waals surface area contributed by atoms with Crippen molar-refractivity contribution in [3.8, 4) is 11.3 Å². The summed E-state index contributed by atoms with van der Waals surface area (Å²) in [4.78, 5) is 23.7. The van der Waals surface area contributed by atoms with Crippen LogP contribution in [-0.2, 0) is 4.74 Å². The molecule has 1 fully saturated rings. The zero-order valence-corrected chi connectivity index (χ0v) is 17.7. The standard InChI is InChI=1S/C21H27ClN4O3/c1-21(28,15-6-7-15)13-24-20(27)17-12-23-19(26(2)10-11-29-3)18(25-17)14-4-8-16(22)9-5-14/h4-5,8-9,12,15,28H,6-7,10-11,13H2,1-3H3,(H,24,27)/t21-/m0/s1. The maximum atomic E-state index is 12.6. The Hall–Kier alpha value is -2.22. The summed E-state index contributed by atoms with van der Waals surface area (Å²) in [7, 11) is 3.54. The van der Waals surface area contributed by atoms with Crippen molar-refractivity contribution in [1.29, 1.82) is 0 Å². The molecule has 1 aromatic carbocycles. The molecule has 1 saturated carbocycles. The minimum Gasteiger partial charge on any atom is -0.388 e. The fourth-order valence-electron chi connectivity index (χ4n) is 3.11. The number of aliphatic hydroxyl groups is 1. The normalized spacial score (nSPS) is 15.6. The van der Waals surface area contributed by atoms with Gasteiger partial charge in [-0.2, -0.15) is 0 Å². The minimum absolute atomic E-state index is 0.184. The van der Waals surface area contributed by atoms with Crippen LogP contribution < -0.4 is 10.2 Å². The van der Waals surface area contributed by atoms with Crippen molar-refractivity contribution in [3.05, 3.63) is 41.2 Å². The molecule has 0 bridgehead atoms. The van der Waals surface area contributed by atoms with Gasteiger partial charge in [0.05, 0.1) is 18.4 Å². The molecule has 1 heterocycles. The van der Waals surface area contributed by atoms with E-state index in [2.05, 4.69) is 15.3 Å². The first-order valence-electron chi connectivity index (χ1n) is 9.65. The van der Waals surface area contributed by atoms with Crippen LogP contribution in [0.4, 0.5) is 5.82 Å². The molecule has 8 heteroatoms. The van der Waals surface area contributed by atoms with Crippen molar-refractivity contribution in [2.75, 3.05) is 38.8 Å². The van der Waals surface area contributed by atoms with Crippen LogP contribution in [0.15, 0.2) is 30.5 Å². The zero-order chi connectivity index (χ0) is 21.0. The van der Waals surface area contributed by atoms with Crippen LogP contribution in [0.2, 0.25) is 5.02 Å². The molecular formula is C21H27ClN4O3. The molecule has 156 valence electrons. The second kappa shape index (κ2) is 9.07. The molecular weight excluding hydrogens is 392 g/mol. The first-order chi connectivity index (χ1) is 13.8. The van der Waals surface area contributed by atoms with E-state index >= 15 is 0 Å². The van der Waals surface area contributed by atoms with Gasteiger partial charge in [0.15, 0.2) is 5.82 Å². The topological polar surface area (TPSA) is 87.6 Å². The number of rotatable bonds is 9. The SMILES string of the molecule is COCCN(C)c1ncc(C(=O)NC[C@](C)(O)C2CC2)nc1-c1ccc(Cl)cc1. The van der Waals surface area contributed by atoms with Gasteiger partial charge in [0.25, 0.3) is 5.91 Å². The molecule has 2 aromatic rings. The average molecular weight is 419 g/mol. The number of hydrogen-bond acceptors (Lipinski definition) is 6. The highest BCUT2D eigenvalue weighted by Crippen LogP contribution is 2.39. The second-order valence-corrected chi connectivity index (χ2v) is 8.10. The number of ether oxygens (including phenoxy) is 1. The predicted molar refractivity (Wildman–Crippen MR) is 113 cm³/mol. The number of anilines is 1. The Morgan fingerprint density at radius 1 is 1.38 bits per heavy atom. The van der Waals surface area contributed by atoms with Crippen molar-refractivity contribution in [2.45, 2.75) is 25.4 Å². The highest BCUT2D eigenvalue weighted by Gasteiger charge is 2.40. The van der Waals surface area contributed by atoms with Gasteiger partial charge in [0, 0.05) is 37.8 Å². The molecule has 1 aliphatic carbocycles. The molecule has 7 nitrogen and oxygen atoms in total. The smallest absolute Gasteiger partial charge is 0.271 e. The molecule has 1 aliphatic rings. The lowest BCUT2D eigenvalue weighted by molar-refractivity contribution is 0.0353. The summed E-state index contributed by atoms with van der Waals surface area (Å²) >= 11 is 6.02. The molecule has 1 aromatic heterocycles. The maximum absolute atomic E-state index is 12.6. The van der Waals surface area contributed by atoms with Gasteiger partial charge in [-0.1, -0.05) is 23.7 Å². The molecule has 0 saturated heterocycles. The third-order valence-electron chi connectivity index (χ3n) is 5.16. The van der Waals surface area contributed by atoms with Crippen molar-refractivity contribution < 1.29 is 14.6 Å². The lowest BCUT2D eigenvalue weighted by Gasteiger charge is -2.23. The van der Waals surface area contributed by atoms with Crippen molar-refractivity contribution in [3.63, 3.8) is 0 Å². The number of carbonyl (C=O) groups is 1. The molecule has 0 radical (unpaired) electrons. The second-order valence-electron chi connectivity index (χ2n) is 7.66. The van der Waals surface area contributed by atoms with Gasteiger partial charge in [-0.15, -0.1) is 0 Å². The molecule has 0 aliphatic heterocycles. The molecule has 29 heavy (non-hydrogen) atoms. The fourth-order valence-corrected chi connectivity index (χ4v) is 3.23. The van der Waals surface area contributed by atoms with Gasteiger partial charge in [-0.3, -0.25) is 4.79 Å². The largest absolute Gasteiger partial charge is 0.388 e. The predicted octanol–water partition coefficient (Wildman–Crippen LogP) is 2.77. The van der Waals surface area contributed by atoms with Crippen LogP contribution in [0, 0.1) is 5.92 Å². The quantitative estimate of drug-likeness (QED) is 0.651. The Kier molecular flexibility index (Phi) is 6.72. The van der Waals surface area contributed by atoms with Gasteiger partial charge in [0.2, 0.25) is 0 Å². The summed E-state index contributed by atoms with van der Waals surface area (Å²) in [5.41, 5.74) is 0.690. The Bertz CT molecular complexity index is 854. The van der Waals surface area contributed by atoms with E-state index < -0.39 is 5.60 Å². The van der Waals surface area contributed by atoms with Gasteiger partial charge in [-0.25, -0.2) is 9.97 Å². The summed E-state index contributed by atoms with van der Waals surface area (Å²) in [6, 6.07) is 7.24. The summed E-state index contributed by atoms with van der Waals surface area (Å²) in [5, 5.41) is 13.8. The van der Waals surface area contributed by atoms with Crippen molar-refractivity contribution >= 4 is 23.3 Å². The number of nitrogens with zero attached hydrogens (tertiary/aromatic N) is 3. The van der Waals surface area contributed by atoms with Crippen LogP contribution in [-0.4, -0.2) is 60.4 Å². The number of nitrogens with one attached hydrogen (secondary N) is 1. The van der Waals surface area contributed by atoms with Crippen LogP contribution in [0.25, 0.3) is 11.3 Å². The van der Waals surface area contributed by atoms with E-state index in [4.69, 9.17) is 16.3 Å². The summed E-state index contributed by atoms with van der Waals surface area (Å²) < 4.78 is 5.15. The highest BCUT2D eigenvalue weighted by molar-refractivity contribution is 6.30. The Morgan fingerprint density at radius 2 is 2.07 bits per heavy atom. The van der Waals surface area contributed by atoms with E-state index in [0.717, 1.165) is 18.4 Å². The third-order valence-corrected chi connectivity index (χ3v) is 5.41. The number of halogens is 1. The highest BCUT2D eigenvalue weighted by atomic mass is 35.5. The Balaban J connectivity index is 1.85. The monoisotopic (exact) mass is 418 g/mol. The number of amides is 1.